The molecule has 0 aliphatic heterocycles. The molecule has 130 valence electrons. The van der Waals surface area contributed by atoms with Crippen molar-refractivity contribution in [3.8, 4) is 0 Å². The van der Waals surface area contributed by atoms with Crippen LogP contribution in [0.15, 0.2) is 42.7 Å². The molecule has 0 fully saturated rings. The molecule has 0 saturated carbocycles. The quantitative estimate of drug-likeness (QED) is 0.744. The predicted octanol–water partition coefficient (Wildman–Crippen LogP) is 3.86. The number of rotatable bonds is 4. The molecule has 0 radical (unpaired) electrons. The van der Waals surface area contributed by atoms with Crippen LogP contribution in [0.3, 0.4) is 0 Å². The molecule has 0 spiro atoms. The van der Waals surface area contributed by atoms with E-state index in [9.17, 15) is 4.79 Å². The Kier molecular flexibility index (Phi) is 4.63. The minimum atomic E-state index is -0.252. The Hall–Kier alpha value is -2.60. The SMILES string of the molecule is CC(C)(C)c1cc(NC(=O)c2cnn(Cc3ccccc3Cl)c2)n[nH]1. The highest BCUT2D eigenvalue weighted by Crippen LogP contribution is 2.22. The van der Waals surface area contributed by atoms with E-state index in [1.807, 2.05) is 30.3 Å². The summed E-state index contributed by atoms with van der Waals surface area (Å²) in [5, 5.41) is 14.8. The largest absolute Gasteiger partial charge is 0.305 e. The van der Waals surface area contributed by atoms with Crippen LogP contribution in [-0.2, 0) is 12.0 Å². The van der Waals surface area contributed by atoms with E-state index in [0.29, 0.717) is 22.9 Å². The molecule has 2 N–H and O–H groups in total. The molecule has 7 heteroatoms. The van der Waals surface area contributed by atoms with Gasteiger partial charge in [-0.2, -0.15) is 10.2 Å². The number of H-pyrrole nitrogens is 1. The van der Waals surface area contributed by atoms with Crippen molar-refractivity contribution < 1.29 is 4.79 Å². The van der Waals surface area contributed by atoms with Gasteiger partial charge in [-0.25, -0.2) is 0 Å². The number of aromatic nitrogens is 4. The molecular weight excluding hydrogens is 338 g/mol. The third-order valence-electron chi connectivity index (χ3n) is 3.81. The normalized spacial score (nSPS) is 11.5. The fourth-order valence-corrected chi connectivity index (χ4v) is 2.52. The molecule has 0 bridgehead atoms. The van der Waals surface area contributed by atoms with Gasteiger partial charge in [-0.15, -0.1) is 0 Å². The minimum absolute atomic E-state index is 0.0597. The number of hydrogen-bond acceptors (Lipinski definition) is 3. The number of aromatic amines is 1. The first-order chi connectivity index (χ1) is 11.8. The van der Waals surface area contributed by atoms with E-state index in [-0.39, 0.29) is 11.3 Å². The Balaban J connectivity index is 1.68. The zero-order chi connectivity index (χ0) is 18.0. The number of anilines is 1. The van der Waals surface area contributed by atoms with Crippen LogP contribution in [0.1, 0.15) is 42.4 Å². The molecule has 6 nitrogen and oxygen atoms in total. The summed E-state index contributed by atoms with van der Waals surface area (Å²) in [4.78, 5) is 12.4. The fraction of sp³-hybridized carbons (Fsp3) is 0.278. The number of benzene rings is 1. The topological polar surface area (TPSA) is 75.6 Å². The van der Waals surface area contributed by atoms with Crippen LogP contribution in [0.4, 0.5) is 5.82 Å². The maximum absolute atomic E-state index is 12.4. The molecular formula is C18H20ClN5O. The minimum Gasteiger partial charge on any atom is -0.305 e. The van der Waals surface area contributed by atoms with Crippen LogP contribution >= 0.6 is 11.6 Å². The molecule has 0 saturated heterocycles. The molecule has 0 aliphatic rings. The Morgan fingerprint density at radius 1 is 1.32 bits per heavy atom. The van der Waals surface area contributed by atoms with Crippen molar-refractivity contribution in [1.82, 2.24) is 20.0 Å². The van der Waals surface area contributed by atoms with Crippen LogP contribution < -0.4 is 5.32 Å². The number of carbonyl (C=O) groups excluding carboxylic acids is 1. The van der Waals surface area contributed by atoms with Crippen molar-refractivity contribution in [2.24, 2.45) is 0 Å². The Morgan fingerprint density at radius 2 is 2.08 bits per heavy atom. The summed E-state index contributed by atoms with van der Waals surface area (Å²) in [6.45, 7) is 6.73. The second kappa shape index (κ2) is 6.72. The number of nitrogens with zero attached hydrogens (tertiary/aromatic N) is 3. The third-order valence-corrected chi connectivity index (χ3v) is 4.18. The van der Waals surface area contributed by atoms with E-state index in [0.717, 1.165) is 11.3 Å². The van der Waals surface area contributed by atoms with Crippen molar-refractivity contribution in [3.05, 3.63) is 64.6 Å². The van der Waals surface area contributed by atoms with Gasteiger partial charge in [0.05, 0.1) is 18.3 Å². The third kappa shape index (κ3) is 4.09. The van der Waals surface area contributed by atoms with Gasteiger partial charge in [0.15, 0.2) is 5.82 Å². The molecule has 3 rings (SSSR count). The van der Waals surface area contributed by atoms with E-state index in [4.69, 9.17) is 11.6 Å². The van der Waals surface area contributed by atoms with E-state index in [1.54, 1.807) is 10.9 Å². The standard InChI is InChI=1S/C18H20ClN5O/c1-18(2,3)15-8-16(23-22-15)21-17(25)13-9-20-24(11-13)10-12-6-4-5-7-14(12)19/h4-9,11H,10H2,1-3H3,(H2,21,22,23,25). The van der Waals surface area contributed by atoms with Gasteiger partial charge in [-0.1, -0.05) is 50.6 Å². The lowest BCUT2D eigenvalue weighted by Crippen LogP contribution is -2.12. The van der Waals surface area contributed by atoms with Gasteiger partial charge in [0, 0.05) is 28.4 Å². The number of halogens is 1. The van der Waals surface area contributed by atoms with Crippen molar-refractivity contribution in [2.75, 3.05) is 5.32 Å². The summed E-state index contributed by atoms with van der Waals surface area (Å²) in [5.41, 5.74) is 2.31. The monoisotopic (exact) mass is 357 g/mol. The van der Waals surface area contributed by atoms with Crippen molar-refractivity contribution >= 4 is 23.3 Å². The molecule has 0 aliphatic carbocycles. The number of hydrogen-bond donors (Lipinski definition) is 2. The Bertz CT molecular complexity index is 891. The van der Waals surface area contributed by atoms with Gasteiger partial charge in [-0.05, 0) is 11.6 Å². The Morgan fingerprint density at radius 3 is 2.76 bits per heavy atom. The fourth-order valence-electron chi connectivity index (χ4n) is 2.33. The summed E-state index contributed by atoms with van der Waals surface area (Å²) in [6.07, 6.45) is 3.22. The van der Waals surface area contributed by atoms with Crippen LogP contribution in [0, 0.1) is 0 Å². The number of amides is 1. The molecule has 0 unspecified atom stereocenters. The first-order valence-electron chi connectivity index (χ1n) is 7.96. The maximum atomic E-state index is 12.4. The number of carbonyl (C=O) groups is 1. The Labute approximate surface area is 151 Å². The second-order valence-corrected chi connectivity index (χ2v) is 7.30. The van der Waals surface area contributed by atoms with Crippen LogP contribution in [0.2, 0.25) is 5.02 Å². The molecule has 3 aromatic rings. The van der Waals surface area contributed by atoms with Crippen LogP contribution in [-0.4, -0.2) is 25.9 Å². The molecule has 0 atom stereocenters. The zero-order valence-electron chi connectivity index (χ0n) is 14.4. The smallest absolute Gasteiger partial charge is 0.260 e. The van der Waals surface area contributed by atoms with Crippen LogP contribution in [0.25, 0.3) is 0 Å². The summed E-state index contributed by atoms with van der Waals surface area (Å²) in [5.74, 6) is 0.242. The lowest BCUT2D eigenvalue weighted by molar-refractivity contribution is 0.102. The molecule has 2 aromatic heterocycles. The summed E-state index contributed by atoms with van der Waals surface area (Å²) < 4.78 is 1.68. The molecule has 2 heterocycles. The lowest BCUT2D eigenvalue weighted by Gasteiger charge is -2.14. The predicted molar refractivity (Wildman–Crippen MR) is 98.0 cm³/mol. The van der Waals surface area contributed by atoms with Gasteiger partial charge in [0.1, 0.15) is 0 Å². The maximum Gasteiger partial charge on any atom is 0.260 e. The van der Waals surface area contributed by atoms with Crippen molar-refractivity contribution in [2.45, 2.75) is 32.7 Å². The second-order valence-electron chi connectivity index (χ2n) is 6.89. The first kappa shape index (κ1) is 17.2. The van der Waals surface area contributed by atoms with Gasteiger partial charge in [-0.3, -0.25) is 14.6 Å². The van der Waals surface area contributed by atoms with Gasteiger partial charge in [0.25, 0.3) is 5.91 Å². The first-order valence-corrected chi connectivity index (χ1v) is 8.34. The van der Waals surface area contributed by atoms with Gasteiger partial charge < -0.3 is 5.32 Å². The average molecular weight is 358 g/mol. The zero-order valence-corrected chi connectivity index (χ0v) is 15.1. The van der Waals surface area contributed by atoms with E-state index in [2.05, 4.69) is 41.4 Å². The van der Waals surface area contributed by atoms with E-state index < -0.39 is 0 Å². The van der Waals surface area contributed by atoms with Crippen molar-refractivity contribution in [1.29, 1.82) is 0 Å². The average Bonchev–Trinajstić information content (AvgIpc) is 3.18. The highest BCUT2D eigenvalue weighted by Gasteiger charge is 2.18. The molecule has 1 aromatic carbocycles. The highest BCUT2D eigenvalue weighted by molar-refractivity contribution is 6.31. The summed E-state index contributed by atoms with van der Waals surface area (Å²) in [7, 11) is 0. The lowest BCUT2D eigenvalue weighted by atomic mass is 9.92. The summed E-state index contributed by atoms with van der Waals surface area (Å²) in [6, 6.07) is 9.40. The van der Waals surface area contributed by atoms with E-state index >= 15 is 0 Å². The van der Waals surface area contributed by atoms with Gasteiger partial charge in [0.2, 0.25) is 0 Å². The van der Waals surface area contributed by atoms with Crippen LogP contribution in [0.5, 0.6) is 0 Å². The van der Waals surface area contributed by atoms with E-state index in [1.165, 1.54) is 6.20 Å². The molecule has 25 heavy (non-hydrogen) atoms. The van der Waals surface area contributed by atoms with Crippen molar-refractivity contribution in [3.63, 3.8) is 0 Å². The highest BCUT2D eigenvalue weighted by atomic mass is 35.5. The number of nitrogens with one attached hydrogen (secondary N) is 2. The summed E-state index contributed by atoms with van der Waals surface area (Å²) >= 11 is 6.16. The molecule has 1 amide bonds. The van der Waals surface area contributed by atoms with Gasteiger partial charge >= 0.3 is 0 Å².